The summed E-state index contributed by atoms with van der Waals surface area (Å²) in [6, 6.07) is 8.81. The van der Waals surface area contributed by atoms with Crippen LogP contribution in [0.15, 0.2) is 30.3 Å². The summed E-state index contributed by atoms with van der Waals surface area (Å²) in [6.07, 6.45) is -0.792. The Balaban J connectivity index is 2.37. The molecule has 0 aliphatic carbocycles. The van der Waals surface area contributed by atoms with Gasteiger partial charge in [-0.2, -0.15) is 0 Å². The number of rotatable bonds is 2. The van der Waals surface area contributed by atoms with E-state index in [9.17, 15) is 9.59 Å². The Kier molecular flexibility index (Phi) is 3.10. The predicted octanol–water partition coefficient (Wildman–Crippen LogP) is 0.0702. The largest absolute Gasteiger partial charge is 0.367 e. The number of hydrogen-bond acceptors (Lipinski definition) is 3. The van der Waals surface area contributed by atoms with Gasteiger partial charge in [-0.15, -0.1) is 0 Å². The van der Waals surface area contributed by atoms with Crippen molar-refractivity contribution in [1.29, 1.82) is 0 Å². The van der Waals surface area contributed by atoms with Crippen LogP contribution in [0.4, 0.5) is 0 Å². The molecule has 2 amide bonds. The van der Waals surface area contributed by atoms with Crippen LogP contribution in [0.25, 0.3) is 0 Å². The molecule has 1 fully saturated rings. The first kappa shape index (κ1) is 11.6. The summed E-state index contributed by atoms with van der Waals surface area (Å²) in [6.45, 7) is -0.104. The molecule has 1 saturated heterocycles. The molecule has 0 bridgehead atoms. The number of likely N-dealkylation sites (N-methyl/N-ethyl adjacent to an activating group) is 1. The second-order valence-corrected chi connectivity index (χ2v) is 3.99. The van der Waals surface area contributed by atoms with E-state index < -0.39 is 18.1 Å². The highest BCUT2D eigenvalue weighted by Gasteiger charge is 2.38. The Hall–Kier alpha value is -1.88. The number of primary amides is 1. The molecule has 1 aromatic carbocycles. The zero-order chi connectivity index (χ0) is 12.4. The Morgan fingerprint density at radius 3 is 2.65 bits per heavy atom. The molecule has 1 aliphatic rings. The van der Waals surface area contributed by atoms with Crippen molar-refractivity contribution >= 4 is 11.8 Å². The van der Waals surface area contributed by atoms with Gasteiger partial charge in [0.25, 0.3) is 0 Å². The van der Waals surface area contributed by atoms with Crippen molar-refractivity contribution in [2.45, 2.75) is 12.1 Å². The third kappa shape index (κ3) is 2.14. The number of benzene rings is 1. The van der Waals surface area contributed by atoms with Crippen molar-refractivity contribution in [3.63, 3.8) is 0 Å². The number of carbonyl (C=O) groups excluding carboxylic acids is 2. The number of morpholine rings is 1. The Bertz CT molecular complexity index is 433. The molecule has 17 heavy (non-hydrogen) atoms. The first-order valence-corrected chi connectivity index (χ1v) is 5.33. The van der Waals surface area contributed by atoms with Crippen molar-refractivity contribution in [1.82, 2.24) is 4.90 Å². The van der Waals surface area contributed by atoms with E-state index in [-0.39, 0.29) is 12.5 Å². The normalized spacial score (nSPS) is 24.8. The summed E-state index contributed by atoms with van der Waals surface area (Å²) < 4.78 is 5.22. The predicted molar refractivity (Wildman–Crippen MR) is 60.9 cm³/mol. The minimum absolute atomic E-state index is 0.104. The van der Waals surface area contributed by atoms with E-state index in [1.807, 2.05) is 30.3 Å². The lowest BCUT2D eigenvalue weighted by molar-refractivity contribution is -0.160. The Morgan fingerprint density at radius 1 is 1.41 bits per heavy atom. The molecule has 0 spiro atoms. The third-order valence-corrected chi connectivity index (χ3v) is 2.91. The Morgan fingerprint density at radius 2 is 2.06 bits per heavy atom. The number of carbonyl (C=O) groups is 2. The van der Waals surface area contributed by atoms with E-state index in [0.717, 1.165) is 5.56 Å². The van der Waals surface area contributed by atoms with Gasteiger partial charge in [0, 0.05) is 7.05 Å². The summed E-state index contributed by atoms with van der Waals surface area (Å²) in [7, 11) is 1.65. The number of hydrogen-bond donors (Lipinski definition) is 1. The highest BCUT2D eigenvalue weighted by Crippen LogP contribution is 2.28. The molecule has 0 radical (unpaired) electrons. The zero-order valence-electron chi connectivity index (χ0n) is 9.50. The van der Waals surface area contributed by atoms with E-state index in [2.05, 4.69) is 0 Å². The average Bonchev–Trinajstić information content (AvgIpc) is 2.33. The van der Waals surface area contributed by atoms with Crippen LogP contribution >= 0.6 is 0 Å². The highest BCUT2D eigenvalue weighted by atomic mass is 16.5. The SMILES string of the molecule is CN1C(=O)CO[C@@H](C(N)=O)[C@@H]1c1ccccc1. The molecule has 90 valence electrons. The van der Waals surface area contributed by atoms with Gasteiger partial charge >= 0.3 is 0 Å². The fraction of sp³-hybridized carbons (Fsp3) is 0.333. The monoisotopic (exact) mass is 234 g/mol. The minimum atomic E-state index is -0.792. The van der Waals surface area contributed by atoms with E-state index >= 15 is 0 Å². The minimum Gasteiger partial charge on any atom is -0.367 e. The summed E-state index contributed by atoms with van der Waals surface area (Å²) >= 11 is 0. The molecular formula is C12H14N2O3. The molecule has 1 aromatic rings. The standard InChI is InChI=1S/C12H14N2O3/c1-14-9(15)7-17-11(12(13)16)10(14)8-5-3-2-4-6-8/h2-6,10-11H,7H2,1H3,(H2,13,16)/t10-,11+/m0/s1. The summed E-state index contributed by atoms with van der Waals surface area (Å²) in [5.41, 5.74) is 6.14. The lowest BCUT2D eigenvalue weighted by Gasteiger charge is -2.37. The molecule has 1 heterocycles. The van der Waals surface area contributed by atoms with Crippen molar-refractivity contribution in [3.05, 3.63) is 35.9 Å². The van der Waals surface area contributed by atoms with Gasteiger partial charge in [0.2, 0.25) is 11.8 Å². The van der Waals surface area contributed by atoms with Crippen molar-refractivity contribution < 1.29 is 14.3 Å². The fourth-order valence-corrected chi connectivity index (χ4v) is 2.00. The van der Waals surface area contributed by atoms with Gasteiger partial charge in [0.15, 0.2) is 6.10 Å². The highest BCUT2D eigenvalue weighted by molar-refractivity contribution is 5.85. The van der Waals surface area contributed by atoms with Gasteiger partial charge < -0.3 is 15.4 Å². The van der Waals surface area contributed by atoms with E-state index in [4.69, 9.17) is 10.5 Å². The summed E-state index contributed by atoms with van der Waals surface area (Å²) in [4.78, 5) is 24.5. The molecular weight excluding hydrogens is 220 g/mol. The molecule has 0 unspecified atom stereocenters. The van der Waals surface area contributed by atoms with Crippen molar-refractivity contribution in [2.75, 3.05) is 13.7 Å². The second kappa shape index (κ2) is 4.55. The van der Waals surface area contributed by atoms with Crippen LogP contribution < -0.4 is 5.73 Å². The van der Waals surface area contributed by atoms with E-state index in [0.29, 0.717) is 0 Å². The van der Waals surface area contributed by atoms with E-state index in [1.165, 1.54) is 4.90 Å². The van der Waals surface area contributed by atoms with Gasteiger partial charge in [0.1, 0.15) is 6.61 Å². The summed E-state index contributed by atoms with van der Waals surface area (Å²) in [5.74, 6) is -0.713. The van der Waals surface area contributed by atoms with Gasteiger partial charge in [-0.1, -0.05) is 30.3 Å². The molecule has 1 aliphatic heterocycles. The van der Waals surface area contributed by atoms with Gasteiger partial charge in [-0.05, 0) is 5.56 Å². The zero-order valence-corrected chi connectivity index (χ0v) is 9.50. The van der Waals surface area contributed by atoms with Crippen LogP contribution in [0, 0.1) is 0 Å². The first-order valence-electron chi connectivity index (χ1n) is 5.33. The average molecular weight is 234 g/mol. The van der Waals surface area contributed by atoms with Crippen LogP contribution in [0.5, 0.6) is 0 Å². The van der Waals surface area contributed by atoms with Gasteiger partial charge in [-0.25, -0.2) is 0 Å². The molecule has 5 heteroatoms. The number of nitrogens with two attached hydrogens (primary N) is 1. The Labute approximate surface area is 99.2 Å². The maximum atomic E-state index is 11.6. The fourth-order valence-electron chi connectivity index (χ4n) is 2.00. The molecule has 5 nitrogen and oxygen atoms in total. The molecule has 2 rings (SSSR count). The van der Waals surface area contributed by atoms with Crippen molar-refractivity contribution in [3.8, 4) is 0 Å². The maximum absolute atomic E-state index is 11.6. The third-order valence-electron chi connectivity index (χ3n) is 2.91. The number of nitrogens with zero attached hydrogens (tertiary/aromatic N) is 1. The second-order valence-electron chi connectivity index (χ2n) is 3.99. The number of amides is 2. The molecule has 2 atom stereocenters. The van der Waals surface area contributed by atoms with Crippen molar-refractivity contribution in [2.24, 2.45) is 5.73 Å². The van der Waals surface area contributed by atoms with Gasteiger partial charge in [0.05, 0.1) is 6.04 Å². The van der Waals surface area contributed by atoms with Crippen LogP contribution in [-0.2, 0) is 14.3 Å². The molecule has 0 aromatic heterocycles. The first-order chi connectivity index (χ1) is 8.11. The molecule has 2 N–H and O–H groups in total. The number of ether oxygens (including phenoxy) is 1. The topological polar surface area (TPSA) is 72.6 Å². The lowest BCUT2D eigenvalue weighted by Crippen LogP contribution is -2.51. The van der Waals surface area contributed by atoms with Crippen LogP contribution in [-0.4, -0.2) is 36.5 Å². The maximum Gasteiger partial charge on any atom is 0.249 e. The van der Waals surface area contributed by atoms with E-state index in [1.54, 1.807) is 7.05 Å². The van der Waals surface area contributed by atoms with Crippen LogP contribution in [0.3, 0.4) is 0 Å². The van der Waals surface area contributed by atoms with Gasteiger partial charge in [-0.3, -0.25) is 9.59 Å². The van der Waals surface area contributed by atoms with Crippen LogP contribution in [0.2, 0.25) is 0 Å². The van der Waals surface area contributed by atoms with Crippen LogP contribution in [0.1, 0.15) is 11.6 Å². The quantitative estimate of drug-likeness (QED) is 0.787. The lowest BCUT2D eigenvalue weighted by atomic mass is 9.98. The molecule has 0 saturated carbocycles. The smallest absolute Gasteiger partial charge is 0.249 e. The summed E-state index contributed by atoms with van der Waals surface area (Å²) in [5, 5.41) is 0.